The Kier molecular flexibility index (Phi) is 4.57. The molecule has 0 spiro atoms. The van der Waals surface area contributed by atoms with E-state index in [1.54, 1.807) is 10.8 Å². The molecule has 1 fully saturated rings. The fourth-order valence-corrected chi connectivity index (χ4v) is 3.23. The van der Waals surface area contributed by atoms with Gasteiger partial charge in [0.15, 0.2) is 0 Å². The molecular formula is C16H26N6. The molecule has 3 rings (SSSR count). The number of fused-ring (bicyclic) bond motifs is 1. The highest BCUT2D eigenvalue weighted by Gasteiger charge is 2.24. The van der Waals surface area contributed by atoms with Crippen molar-refractivity contribution in [3.8, 4) is 0 Å². The number of aromatic nitrogens is 4. The minimum Gasteiger partial charge on any atom is -0.368 e. The fraction of sp³-hybridized carbons (Fsp3) is 0.688. The first-order chi connectivity index (χ1) is 10.7. The van der Waals surface area contributed by atoms with Crippen molar-refractivity contribution >= 4 is 11.6 Å². The van der Waals surface area contributed by atoms with E-state index >= 15 is 0 Å². The maximum Gasteiger partial charge on any atom is 0.254 e. The molecule has 0 bridgehead atoms. The molecule has 0 radical (unpaired) electrons. The van der Waals surface area contributed by atoms with Crippen molar-refractivity contribution in [2.75, 3.05) is 25.0 Å². The van der Waals surface area contributed by atoms with Crippen LogP contribution in [0, 0.1) is 5.92 Å². The predicted molar refractivity (Wildman–Crippen MR) is 88.1 cm³/mol. The fourth-order valence-electron chi connectivity index (χ4n) is 3.23. The van der Waals surface area contributed by atoms with Gasteiger partial charge in [-0.1, -0.05) is 20.8 Å². The van der Waals surface area contributed by atoms with Gasteiger partial charge < -0.3 is 5.32 Å². The van der Waals surface area contributed by atoms with E-state index in [1.807, 2.05) is 0 Å². The van der Waals surface area contributed by atoms with Gasteiger partial charge in [0.2, 0.25) is 0 Å². The summed E-state index contributed by atoms with van der Waals surface area (Å²) in [5.41, 5.74) is 1.05. The second-order valence-corrected chi connectivity index (χ2v) is 6.52. The van der Waals surface area contributed by atoms with Gasteiger partial charge >= 0.3 is 0 Å². The SMILES string of the molecule is CCc1cc(NC[C@H]2CCCN2CC(C)C)n2ncnc2n1. The molecule has 6 heteroatoms. The number of nitrogens with zero attached hydrogens (tertiary/aromatic N) is 5. The molecule has 2 aromatic rings. The van der Waals surface area contributed by atoms with Crippen molar-refractivity contribution in [1.29, 1.82) is 0 Å². The summed E-state index contributed by atoms with van der Waals surface area (Å²) in [6, 6.07) is 2.70. The molecular weight excluding hydrogens is 276 g/mol. The molecule has 1 aliphatic rings. The Bertz CT molecular complexity index is 620. The van der Waals surface area contributed by atoms with Crippen LogP contribution in [-0.2, 0) is 6.42 Å². The number of rotatable bonds is 6. The minimum absolute atomic E-state index is 0.610. The van der Waals surface area contributed by atoms with E-state index in [4.69, 9.17) is 0 Å². The van der Waals surface area contributed by atoms with E-state index in [9.17, 15) is 0 Å². The Morgan fingerprint density at radius 1 is 1.41 bits per heavy atom. The molecule has 0 aromatic carbocycles. The van der Waals surface area contributed by atoms with Crippen LogP contribution in [0.15, 0.2) is 12.4 Å². The second kappa shape index (κ2) is 6.60. The first-order valence-corrected chi connectivity index (χ1v) is 8.35. The molecule has 1 aliphatic heterocycles. The van der Waals surface area contributed by atoms with Gasteiger partial charge in [-0.05, 0) is 31.7 Å². The standard InChI is InChI=1S/C16H26N6/c1-4-13-8-15(22-16(20-13)18-11-19-22)17-9-14-6-5-7-21(14)10-12(2)3/h8,11-12,14,17H,4-7,9-10H2,1-3H3/t14-/m1/s1. The van der Waals surface area contributed by atoms with Crippen LogP contribution in [0.1, 0.15) is 39.3 Å². The van der Waals surface area contributed by atoms with Crippen LogP contribution in [0.25, 0.3) is 5.78 Å². The summed E-state index contributed by atoms with van der Waals surface area (Å²) in [4.78, 5) is 11.3. The topological polar surface area (TPSA) is 58.4 Å². The minimum atomic E-state index is 0.610. The van der Waals surface area contributed by atoms with E-state index in [0.29, 0.717) is 11.8 Å². The Labute approximate surface area is 131 Å². The van der Waals surface area contributed by atoms with Crippen LogP contribution in [0.5, 0.6) is 0 Å². The number of hydrogen-bond donors (Lipinski definition) is 1. The molecule has 120 valence electrons. The Morgan fingerprint density at radius 3 is 3.05 bits per heavy atom. The molecule has 6 nitrogen and oxygen atoms in total. The Morgan fingerprint density at radius 2 is 2.27 bits per heavy atom. The molecule has 1 saturated heterocycles. The van der Waals surface area contributed by atoms with E-state index in [0.717, 1.165) is 30.4 Å². The van der Waals surface area contributed by atoms with Crippen molar-refractivity contribution in [2.24, 2.45) is 5.92 Å². The molecule has 22 heavy (non-hydrogen) atoms. The summed E-state index contributed by atoms with van der Waals surface area (Å²) in [6.07, 6.45) is 5.04. The average molecular weight is 302 g/mol. The third-order valence-electron chi connectivity index (χ3n) is 4.28. The zero-order valence-corrected chi connectivity index (χ0v) is 13.8. The average Bonchev–Trinajstić information content (AvgIpc) is 3.12. The van der Waals surface area contributed by atoms with Gasteiger partial charge in [-0.3, -0.25) is 4.90 Å². The summed E-state index contributed by atoms with van der Waals surface area (Å²) in [5.74, 6) is 2.39. The van der Waals surface area contributed by atoms with Gasteiger partial charge in [0.25, 0.3) is 5.78 Å². The number of likely N-dealkylation sites (tertiary alicyclic amines) is 1. The summed E-state index contributed by atoms with van der Waals surface area (Å²) >= 11 is 0. The van der Waals surface area contributed by atoms with Gasteiger partial charge in [0, 0.05) is 30.9 Å². The largest absolute Gasteiger partial charge is 0.368 e. The van der Waals surface area contributed by atoms with Crippen LogP contribution >= 0.6 is 0 Å². The molecule has 0 unspecified atom stereocenters. The highest BCUT2D eigenvalue weighted by molar-refractivity contribution is 5.45. The van der Waals surface area contributed by atoms with E-state index in [1.165, 1.54) is 25.9 Å². The van der Waals surface area contributed by atoms with Gasteiger partial charge in [-0.25, -0.2) is 4.98 Å². The normalized spacial score (nSPS) is 19.4. The third kappa shape index (κ3) is 3.21. The molecule has 0 saturated carbocycles. The third-order valence-corrected chi connectivity index (χ3v) is 4.28. The lowest BCUT2D eigenvalue weighted by Gasteiger charge is -2.26. The Balaban J connectivity index is 1.72. The van der Waals surface area contributed by atoms with E-state index in [2.05, 4.69) is 52.1 Å². The van der Waals surface area contributed by atoms with Crippen LogP contribution in [0.3, 0.4) is 0 Å². The maximum atomic E-state index is 4.49. The highest BCUT2D eigenvalue weighted by atomic mass is 15.4. The number of anilines is 1. The molecule has 0 aliphatic carbocycles. The quantitative estimate of drug-likeness (QED) is 0.886. The molecule has 2 aromatic heterocycles. The first kappa shape index (κ1) is 15.2. The number of hydrogen-bond acceptors (Lipinski definition) is 5. The smallest absolute Gasteiger partial charge is 0.254 e. The predicted octanol–water partition coefficient (Wildman–Crippen LogP) is 2.22. The van der Waals surface area contributed by atoms with Crippen molar-refractivity contribution < 1.29 is 0 Å². The number of nitrogens with one attached hydrogen (secondary N) is 1. The van der Waals surface area contributed by atoms with Gasteiger partial charge in [0.1, 0.15) is 12.1 Å². The number of aryl methyl sites for hydroxylation is 1. The zero-order chi connectivity index (χ0) is 15.5. The lowest BCUT2D eigenvalue weighted by molar-refractivity contribution is 0.234. The molecule has 1 atom stereocenters. The lowest BCUT2D eigenvalue weighted by atomic mass is 10.1. The van der Waals surface area contributed by atoms with Crippen LogP contribution in [0.4, 0.5) is 5.82 Å². The summed E-state index contributed by atoms with van der Waals surface area (Å²) in [6.45, 7) is 10.0. The Hall–Kier alpha value is -1.69. The van der Waals surface area contributed by atoms with Gasteiger partial charge in [0.05, 0.1) is 0 Å². The van der Waals surface area contributed by atoms with Crippen molar-refractivity contribution in [1.82, 2.24) is 24.5 Å². The maximum absolute atomic E-state index is 4.49. The summed E-state index contributed by atoms with van der Waals surface area (Å²) in [7, 11) is 0. The molecule has 0 amide bonds. The first-order valence-electron chi connectivity index (χ1n) is 8.35. The zero-order valence-electron chi connectivity index (χ0n) is 13.8. The second-order valence-electron chi connectivity index (χ2n) is 6.52. The van der Waals surface area contributed by atoms with Crippen LogP contribution < -0.4 is 5.32 Å². The van der Waals surface area contributed by atoms with Crippen molar-refractivity contribution in [2.45, 2.75) is 46.1 Å². The van der Waals surface area contributed by atoms with Crippen molar-refractivity contribution in [3.63, 3.8) is 0 Å². The van der Waals surface area contributed by atoms with Gasteiger partial charge in [-0.2, -0.15) is 14.6 Å². The summed E-state index contributed by atoms with van der Waals surface area (Å²) in [5, 5.41) is 7.85. The van der Waals surface area contributed by atoms with Crippen LogP contribution in [0.2, 0.25) is 0 Å². The van der Waals surface area contributed by atoms with Crippen LogP contribution in [-0.4, -0.2) is 50.2 Å². The van der Waals surface area contributed by atoms with Gasteiger partial charge in [-0.15, -0.1) is 0 Å². The van der Waals surface area contributed by atoms with E-state index < -0.39 is 0 Å². The van der Waals surface area contributed by atoms with E-state index in [-0.39, 0.29) is 0 Å². The lowest BCUT2D eigenvalue weighted by Crippen LogP contribution is -2.37. The highest BCUT2D eigenvalue weighted by Crippen LogP contribution is 2.20. The summed E-state index contributed by atoms with van der Waals surface area (Å²) < 4.78 is 1.79. The molecule has 3 heterocycles. The molecule has 1 N–H and O–H groups in total. The monoisotopic (exact) mass is 302 g/mol. The van der Waals surface area contributed by atoms with Crippen molar-refractivity contribution in [3.05, 3.63) is 18.1 Å².